The predicted molar refractivity (Wildman–Crippen MR) is 68.6 cm³/mol. The molecule has 1 heterocycles. The zero-order chi connectivity index (χ0) is 11.4. The highest BCUT2D eigenvalue weighted by molar-refractivity contribution is 7.97. The summed E-state index contributed by atoms with van der Waals surface area (Å²) in [7, 11) is 0. The van der Waals surface area contributed by atoms with E-state index < -0.39 is 0 Å². The lowest BCUT2D eigenvalue weighted by atomic mass is 9.92. The molecule has 3 nitrogen and oxygen atoms in total. The fourth-order valence-corrected chi connectivity index (χ4v) is 2.64. The van der Waals surface area contributed by atoms with Crippen molar-refractivity contribution in [3.8, 4) is 0 Å². The molecule has 1 aromatic heterocycles. The lowest BCUT2D eigenvalue weighted by Gasteiger charge is -2.25. The van der Waals surface area contributed by atoms with E-state index in [0.29, 0.717) is 6.04 Å². The fraction of sp³-hybridized carbons (Fsp3) is 0.667. The van der Waals surface area contributed by atoms with E-state index in [-0.39, 0.29) is 0 Å². The van der Waals surface area contributed by atoms with Crippen molar-refractivity contribution >= 4 is 11.8 Å². The van der Waals surface area contributed by atoms with Crippen LogP contribution < -0.4 is 5.32 Å². The topological polar surface area (TPSA) is 37.8 Å². The molecule has 2 rings (SSSR count). The van der Waals surface area contributed by atoms with Gasteiger partial charge >= 0.3 is 0 Å². The molecule has 0 fully saturated rings. The summed E-state index contributed by atoms with van der Waals surface area (Å²) in [5.41, 5.74) is 2.58. The molecule has 1 aliphatic carbocycles. The molecule has 1 atom stereocenters. The lowest BCUT2D eigenvalue weighted by molar-refractivity contribution is 0.463. The normalized spacial score (nSPS) is 19.5. The van der Waals surface area contributed by atoms with Crippen LogP contribution in [0.2, 0.25) is 0 Å². The molecule has 0 aromatic carbocycles. The van der Waals surface area contributed by atoms with Gasteiger partial charge in [-0.3, -0.25) is 0 Å². The molecule has 1 N–H and O–H groups in total. The van der Waals surface area contributed by atoms with Crippen molar-refractivity contribution in [3.63, 3.8) is 0 Å². The first kappa shape index (κ1) is 11.9. The van der Waals surface area contributed by atoms with E-state index in [2.05, 4.69) is 28.5 Å². The molecule has 0 bridgehead atoms. The molecular formula is C12H19N3S. The number of aromatic nitrogens is 2. The largest absolute Gasteiger partial charge is 0.310 e. The van der Waals surface area contributed by atoms with Gasteiger partial charge in [0.2, 0.25) is 0 Å². The van der Waals surface area contributed by atoms with Gasteiger partial charge in [0.1, 0.15) is 5.82 Å². The van der Waals surface area contributed by atoms with E-state index in [1.54, 1.807) is 11.8 Å². The monoisotopic (exact) mass is 237 g/mol. The maximum absolute atomic E-state index is 4.66. The average Bonchev–Trinajstić information content (AvgIpc) is 2.30. The highest BCUT2D eigenvalue weighted by Crippen LogP contribution is 2.28. The van der Waals surface area contributed by atoms with Crippen LogP contribution in [-0.4, -0.2) is 22.8 Å². The minimum absolute atomic E-state index is 0.470. The van der Waals surface area contributed by atoms with Crippen LogP contribution in [0.25, 0.3) is 0 Å². The Labute approximate surface area is 101 Å². The Morgan fingerprint density at radius 3 is 3.19 bits per heavy atom. The van der Waals surface area contributed by atoms with Crippen molar-refractivity contribution in [1.82, 2.24) is 15.3 Å². The van der Waals surface area contributed by atoms with Crippen molar-refractivity contribution in [2.45, 2.75) is 38.0 Å². The third-order valence-corrected chi connectivity index (χ3v) is 3.50. The van der Waals surface area contributed by atoms with Gasteiger partial charge in [-0.05, 0) is 32.1 Å². The van der Waals surface area contributed by atoms with Crippen LogP contribution in [0.15, 0.2) is 6.20 Å². The van der Waals surface area contributed by atoms with Crippen LogP contribution in [0.5, 0.6) is 0 Å². The van der Waals surface area contributed by atoms with Gasteiger partial charge in [-0.25, -0.2) is 9.97 Å². The van der Waals surface area contributed by atoms with Crippen LogP contribution in [0.4, 0.5) is 0 Å². The molecule has 0 aliphatic heterocycles. The Bertz CT molecular complexity index is 354. The number of nitrogens with zero attached hydrogens (tertiary/aromatic N) is 2. The number of hydrogen-bond donors (Lipinski definition) is 1. The van der Waals surface area contributed by atoms with E-state index in [1.165, 1.54) is 24.1 Å². The van der Waals surface area contributed by atoms with Gasteiger partial charge in [-0.1, -0.05) is 6.92 Å². The van der Waals surface area contributed by atoms with E-state index in [0.717, 1.165) is 24.5 Å². The molecule has 0 saturated carbocycles. The number of thioether (sulfide) groups is 1. The first-order valence-corrected chi connectivity index (χ1v) is 7.31. The first-order chi connectivity index (χ1) is 7.85. The van der Waals surface area contributed by atoms with Crippen molar-refractivity contribution in [1.29, 1.82) is 0 Å². The Morgan fingerprint density at radius 1 is 1.56 bits per heavy atom. The van der Waals surface area contributed by atoms with Crippen molar-refractivity contribution < 1.29 is 0 Å². The fourth-order valence-electron chi connectivity index (χ4n) is 2.25. The van der Waals surface area contributed by atoms with Crippen molar-refractivity contribution in [3.05, 3.63) is 23.3 Å². The van der Waals surface area contributed by atoms with Gasteiger partial charge in [-0.2, -0.15) is 11.8 Å². The van der Waals surface area contributed by atoms with Gasteiger partial charge in [0.15, 0.2) is 0 Å². The molecule has 4 heteroatoms. The second-order valence-corrected chi connectivity index (χ2v) is 4.99. The number of fused-ring (bicyclic) bond motifs is 1. The number of aryl methyl sites for hydroxylation is 1. The molecule has 88 valence electrons. The zero-order valence-electron chi connectivity index (χ0n) is 9.99. The molecular weight excluding hydrogens is 218 g/mol. The van der Waals surface area contributed by atoms with Crippen LogP contribution in [0, 0.1) is 0 Å². The first-order valence-electron chi connectivity index (χ1n) is 5.92. The Hall–Kier alpha value is -0.610. The zero-order valence-corrected chi connectivity index (χ0v) is 10.8. The minimum atomic E-state index is 0.470. The second kappa shape index (κ2) is 5.64. The Morgan fingerprint density at radius 2 is 2.44 bits per heavy atom. The number of rotatable bonds is 4. The lowest BCUT2D eigenvalue weighted by Crippen LogP contribution is -2.26. The summed E-state index contributed by atoms with van der Waals surface area (Å²) in [4.78, 5) is 9.11. The van der Waals surface area contributed by atoms with Crippen molar-refractivity contribution in [2.24, 2.45) is 0 Å². The SMILES string of the molecule is CCNC1CCCc2nc(CSC)ncc21. The van der Waals surface area contributed by atoms with Crippen molar-refractivity contribution in [2.75, 3.05) is 12.8 Å². The van der Waals surface area contributed by atoms with Crippen LogP contribution in [-0.2, 0) is 12.2 Å². The van der Waals surface area contributed by atoms with Gasteiger partial charge in [0, 0.05) is 23.5 Å². The standard InChI is InChI=1S/C12H19N3S/c1-3-13-10-5-4-6-11-9(10)7-14-12(15-11)8-16-2/h7,10,13H,3-6,8H2,1-2H3. The van der Waals surface area contributed by atoms with Gasteiger partial charge < -0.3 is 5.32 Å². The smallest absolute Gasteiger partial charge is 0.138 e. The number of hydrogen-bond acceptors (Lipinski definition) is 4. The summed E-state index contributed by atoms with van der Waals surface area (Å²) in [6.07, 6.45) is 7.68. The van der Waals surface area contributed by atoms with Gasteiger partial charge in [0.25, 0.3) is 0 Å². The van der Waals surface area contributed by atoms with Gasteiger partial charge in [0.05, 0.1) is 5.75 Å². The van der Waals surface area contributed by atoms with Crippen LogP contribution >= 0.6 is 11.8 Å². The molecule has 0 amide bonds. The molecule has 1 unspecified atom stereocenters. The van der Waals surface area contributed by atoms with E-state index in [4.69, 9.17) is 0 Å². The highest BCUT2D eigenvalue weighted by atomic mass is 32.2. The van der Waals surface area contributed by atoms with Crippen LogP contribution in [0.3, 0.4) is 0 Å². The highest BCUT2D eigenvalue weighted by Gasteiger charge is 2.21. The quantitative estimate of drug-likeness (QED) is 0.872. The third kappa shape index (κ3) is 2.55. The molecule has 0 saturated heterocycles. The van der Waals surface area contributed by atoms with Gasteiger partial charge in [-0.15, -0.1) is 0 Å². The van der Waals surface area contributed by atoms with E-state index >= 15 is 0 Å². The minimum Gasteiger partial charge on any atom is -0.310 e. The summed E-state index contributed by atoms with van der Waals surface area (Å²) in [5.74, 6) is 1.89. The molecule has 0 radical (unpaired) electrons. The maximum Gasteiger partial charge on any atom is 0.138 e. The predicted octanol–water partition coefficient (Wildman–Crippen LogP) is 2.33. The summed E-state index contributed by atoms with van der Waals surface area (Å²) in [6.45, 7) is 3.16. The summed E-state index contributed by atoms with van der Waals surface area (Å²) in [5, 5.41) is 3.51. The number of nitrogens with one attached hydrogen (secondary N) is 1. The summed E-state index contributed by atoms with van der Waals surface area (Å²) in [6, 6.07) is 0.470. The summed E-state index contributed by atoms with van der Waals surface area (Å²) >= 11 is 1.78. The average molecular weight is 237 g/mol. The summed E-state index contributed by atoms with van der Waals surface area (Å²) < 4.78 is 0. The molecule has 16 heavy (non-hydrogen) atoms. The Balaban J connectivity index is 2.22. The molecule has 0 spiro atoms. The van der Waals surface area contributed by atoms with E-state index in [9.17, 15) is 0 Å². The maximum atomic E-state index is 4.66. The Kier molecular flexibility index (Phi) is 4.18. The van der Waals surface area contributed by atoms with Crippen LogP contribution in [0.1, 0.15) is 42.9 Å². The molecule has 1 aromatic rings. The second-order valence-electron chi connectivity index (χ2n) is 4.12. The molecule has 1 aliphatic rings. The van der Waals surface area contributed by atoms with E-state index in [1.807, 2.05) is 6.20 Å². The third-order valence-electron chi connectivity index (χ3n) is 2.96.